The number of hydrogen-bond donors (Lipinski definition) is 1. The van der Waals surface area contributed by atoms with E-state index in [0.29, 0.717) is 0 Å². The topological polar surface area (TPSA) is 26.0 Å². The maximum absolute atomic E-state index is 6.14. The molecular formula is C10H10BrNS2. The molecule has 0 radical (unpaired) electrons. The number of thiophene rings is 2. The monoisotopic (exact) mass is 287 g/mol. The molecule has 0 aliphatic carbocycles. The molecule has 2 aromatic heterocycles. The first-order chi connectivity index (χ1) is 6.66. The minimum Gasteiger partial charge on any atom is -0.320 e. The fourth-order valence-electron chi connectivity index (χ4n) is 1.31. The van der Waals surface area contributed by atoms with Crippen molar-refractivity contribution in [3.05, 3.63) is 42.7 Å². The second-order valence-electron chi connectivity index (χ2n) is 3.15. The van der Waals surface area contributed by atoms with Crippen LogP contribution in [0.2, 0.25) is 0 Å². The highest BCUT2D eigenvalue weighted by molar-refractivity contribution is 9.11. The summed E-state index contributed by atoms with van der Waals surface area (Å²) >= 11 is 6.86. The van der Waals surface area contributed by atoms with Gasteiger partial charge in [-0.1, -0.05) is 0 Å². The van der Waals surface area contributed by atoms with Crippen molar-refractivity contribution in [2.24, 2.45) is 5.73 Å². The van der Waals surface area contributed by atoms with Crippen LogP contribution in [-0.2, 0) is 0 Å². The Bertz CT molecular complexity index is 393. The lowest BCUT2D eigenvalue weighted by Gasteiger charge is -2.06. The van der Waals surface area contributed by atoms with E-state index in [1.54, 1.807) is 22.7 Å². The van der Waals surface area contributed by atoms with E-state index in [1.807, 2.05) is 0 Å². The Morgan fingerprint density at radius 2 is 1.86 bits per heavy atom. The molecule has 1 unspecified atom stereocenters. The minimum absolute atomic E-state index is 0.0162. The third-order valence-electron chi connectivity index (χ3n) is 2.06. The summed E-state index contributed by atoms with van der Waals surface area (Å²) in [5.41, 5.74) is 8.52. The summed E-state index contributed by atoms with van der Waals surface area (Å²) in [4.78, 5) is 1.31. The summed E-state index contributed by atoms with van der Waals surface area (Å²) in [7, 11) is 0. The predicted octanol–water partition coefficient (Wildman–Crippen LogP) is 3.93. The number of halogens is 1. The van der Waals surface area contributed by atoms with Gasteiger partial charge in [-0.15, -0.1) is 22.7 Å². The molecule has 2 rings (SSSR count). The number of hydrogen-bond acceptors (Lipinski definition) is 3. The van der Waals surface area contributed by atoms with Crippen molar-refractivity contribution in [2.45, 2.75) is 13.0 Å². The Hall–Kier alpha value is -0.160. The van der Waals surface area contributed by atoms with E-state index in [1.165, 1.54) is 16.0 Å². The highest BCUT2D eigenvalue weighted by Gasteiger charge is 2.11. The minimum atomic E-state index is 0.0162. The van der Waals surface area contributed by atoms with Crippen LogP contribution in [0, 0.1) is 6.92 Å². The zero-order valence-electron chi connectivity index (χ0n) is 7.66. The Labute approximate surface area is 99.7 Å². The third-order valence-corrected chi connectivity index (χ3v) is 4.46. The predicted molar refractivity (Wildman–Crippen MR) is 67.1 cm³/mol. The number of nitrogens with two attached hydrogens (primary N) is 1. The van der Waals surface area contributed by atoms with Gasteiger partial charge in [0.25, 0.3) is 0 Å². The van der Waals surface area contributed by atoms with Crippen molar-refractivity contribution in [3.8, 4) is 0 Å². The average molecular weight is 288 g/mol. The van der Waals surface area contributed by atoms with Crippen LogP contribution in [0.5, 0.6) is 0 Å². The molecule has 0 spiro atoms. The zero-order chi connectivity index (χ0) is 10.1. The molecule has 2 N–H and O–H groups in total. The van der Waals surface area contributed by atoms with Crippen molar-refractivity contribution < 1.29 is 0 Å². The highest BCUT2D eigenvalue weighted by atomic mass is 79.9. The quantitative estimate of drug-likeness (QED) is 0.890. The van der Waals surface area contributed by atoms with Crippen LogP contribution in [0.4, 0.5) is 0 Å². The van der Waals surface area contributed by atoms with Gasteiger partial charge in [0.15, 0.2) is 0 Å². The van der Waals surface area contributed by atoms with Crippen LogP contribution in [-0.4, -0.2) is 0 Å². The molecule has 0 bridgehead atoms. The Balaban J connectivity index is 2.28. The summed E-state index contributed by atoms with van der Waals surface area (Å²) in [5.74, 6) is 0. The maximum Gasteiger partial charge on any atom is 0.0701 e. The molecule has 0 aliphatic heterocycles. The molecule has 14 heavy (non-hydrogen) atoms. The average Bonchev–Trinajstić information content (AvgIpc) is 2.73. The van der Waals surface area contributed by atoms with Crippen molar-refractivity contribution in [1.82, 2.24) is 0 Å². The summed E-state index contributed by atoms with van der Waals surface area (Å²) in [6, 6.07) is 4.26. The van der Waals surface area contributed by atoms with Gasteiger partial charge in [0.05, 0.1) is 9.83 Å². The Morgan fingerprint density at radius 1 is 1.21 bits per heavy atom. The molecule has 1 atom stereocenters. The van der Waals surface area contributed by atoms with Gasteiger partial charge in [-0.25, -0.2) is 0 Å². The van der Waals surface area contributed by atoms with Crippen LogP contribution >= 0.6 is 38.6 Å². The van der Waals surface area contributed by atoms with E-state index in [2.05, 4.69) is 45.7 Å². The lowest BCUT2D eigenvalue weighted by Crippen LogP contribution is -2.09. The second kappa shape index (κ2) is 4.14. The first-order valence-corrected chi connectivity index (χ1v) is 6.76. The lowest BCUT2D eigenvalue weighted by atomic mass is 10.1. The highest BCUT2D eigenvalue weighted by Crippen LogP contribution is 2.29. The third kappa shape index (κ3) is 2.08. The smallest absolute Gasteiger partial charge is 0.0701 e. The van der Waals surface area contributed by atoms with Crippen molar-refractivity contribution >= 4 is 38.6 Å². The largest absolute Gasteiger partial charge is 0.320 e. The van der Waals surface area contributed by atoms with E-state index in [4.69, 9.17) is 5.73 Å². The van der Waals surface area contributed by atoms with E-state index in [0.717, 1.165) is 3.79 Å². The van der Waals surface area contributed by atoms with Gasteiger partial charge in [0.2, 0.25) is 0 Å². The Kier molecular flexibility index (Phi) is 3.07. The maximum atomic E-state index is 6.14. The summed E-state index contributed by atoms with van der Waals surface area (Å²) in [6.07, 6.45) is 0. The number of aryl methyl sites for hydroxylation is 1. The molecule has 0 fully saturated rings. The molecular weight excluding hydrogens is 278 g/mol. The van der Waals surface area contributed by atoms with Crippen LogP contribution in [0.15, 0.2) is 26.7 Å². The van der Waals surface area contributed by atoms with Crippen molar-refractivity contribution in [1.29, 1.82) is 0 Å². The SMILES string of the molecule is Cc1cc(C(N)c2csc(Br)c2)cs1. The molecule has 4 heteroatoms. The summed E-state index contributed by atoms with van der Waals surface area (Å²) in [5, 5.41) is 4.23. The lowest BCUT2D eigenvalue weighted by molar-refractivity contribution is 0.881. The van der Waals surface area contributed by atoms with Crippen LogP contribution < -0.4 is 5.73 Å². The van der Waals surface area contributed by atoms with Crippen LogP contribution in [0.25, 0.3) is 0 Å². The molecule has 2 heterocycles. The molecule has 0 aliphatic rings. The molecule has 1 nitrogen and oxygen atoms in total. The van der Waals surface area contributed by atoms with Gasteiger partial charge < -0.3 is 5.73 Å². The fourth-order valence-corrected chi connectivity index (χ4v) is 3.26. The molecule has 74 valence electrons. The summed E-state index contributed by atoms with van der Waals surface area (Å²) < 4.78 is 1.13. The van der Waals surface area contributed by atoms with Crippen LogP contribution in [0.1, 0.15) is 22.0 Å². The molecule has 0 saturated carbocycles. The molecule has 0 amide bonds. The van der Waals surface area contributed by atoms with E-state index >= 15 is 0 Å². The van der Waals surface area contributed by atoms with Gasteiger partial charge >= 0.3 is 0 Å². The first kappa shape index (κ1) is 10.4. The van der Waals surface area contributed by atoms with E-state index < -0.39 is 0 Å². The molecule has 2 aromatic rings. The molecule has 0 aromatic carbocycles. The van der Waals surface area contributed by atoms with Gasteiger partial charge in [-0.05, 0) is 56.9 Å². The van der Waals surface area contributed by atoms with Gasteiger partial charge in [0.1, 0.15) is 0 Å². The second-order valence-corrected chi connectivity index (χ2v) is 6.56. The molecule has 0 saturated heterocycles. The number of rotatable bonds is 2. The van der Waals surface area contributed by atoms with Gasteiger partial charge in [0, 0.05) is 4.88 Å². The van der Waals surface area contributed by atoms with Crippen molar-refractivity contribution in [3.63, 3.8) is 0 Å². The fraction of sp³-hybridized carbons (Fsp3) is 0.200. The van der Waals surface area contributed by atoms with Gasteiger partial charge in [-0.2, -0.15) is 0 Å². The Morgan fingerprint density at radius 3 is 2.36 bits per heavy atom. The van der Waals surface area contributed by atoms with Crippen molar-refractivity contribution in [2.75, 3.05) is 0 Å². The normalized spacial score (nSPS) is 13.1. The first-order valence-electron chi connectivity index (χ1n) is 4.21. The zero-order valence-corrected chi connectivity index (χ0v) is 10.9. The summed E-state index contributed by atoms with van der Waals surface area (Å²) in [6.45, 7) is 2.10. The standard InChI is InChI=1S/C10H10BrNS2/c1-6-2-7(4-13-6)10(12)8-3-9(11)14-5-8/h2-5,10H,12H2,1H3. The van der Waals surface area contributed by atoms with E-state index in [-0.39, 0.29) is 6.04 Å². The van der Waals surface area contributed by atoms with Gasteiger partial charge in [-0.3, -0.25) is 0 Å². The van der Waals surface area contributed by atoms with E-state index in [9.17, 15) is 0 Å². The van der Waals surface area contributed by atoms with Crippen LogP contribution in [0.3, 0.4) is 0 Å².